The zero-order valence-electron chi connectivity index (χ0n) is 32.9. The van der Waals surface area contributed by atoms with Crippen LogP contribution in [0, 0.1) is 23.7 Å². The highest BCUT2D eigenvalue weighted by Crippen LogP contribution is 2.45. The highest BCUT2D eigenvalue weighted by molar-refractivity contribution is 6.40. The van der Waals surface area contributed by atoms with Crippen LogP contribution in [0.25, 0.3) is 0 Å². The molecule has 0 radical (unpaired) electrons. The van der Waals surface area contributed by atoms with E-state index in [4.69, 9.17) is 23.7 Å². The molecule has 52 heavy (non-hydrogen) atoms. The maximum Gasteiger partial charge on any atom is 0.328 e. The number of cyclic esters (lactones) is 1. The van der Waals surface area contributed by atoms with E-state index >= 15 is 9.59 Å². The summed E-state index contributed by atoms with van der Waals surface area (Å²) in [6.07, 6.45) is 5.66. The molecule has 0 aromatic carbocycles. The Morgan fingerprint density at radius 1 is 0.904 bits per heavy atom. The number of methoxy groups -OCH3 is 3. The molecule has 0 aromatic heterocycles. The molecular weight excluding hydrogens is 666 g/mol. The molecule has 1 amide bonds. The van der Waals surface area contributed by atoms with Crippen molar-refractivity contribution in [3.05, 3.63) is 23.8 Å². The van der Waals surface area contributed by atoms with Crippen LogP contribution in [0.2, 0.25) is 0 Å². The van der Waals surface area contributed by atoms with E-state index in [2.05, 4.69) is 13.5 Å². The molecule has 0 aromatic rings. The number of fused-ring (bicyclic) bond motifs is 3. The number of amides is 1. The van der Waals surface area contributed by atoms with Gasteiger partial charge in [-0.1, -0.05) is 39.0 Å². The van der Waals surface area contributed by atoms with Crippen molar-refractivity contribution in [1.82, 2.24) is 4.90 Å². The third-order valence-electron chi connectivity index (χ3n) is 12.3. The van der Waals surface area contributed by atoms with Gasteiger partial charge in [0.25, 0.3) is 11.7 Å². The summed E-state index contributed by atoms with van der Waals surface area (Å²) in [5, 5.41) is 10.6. The highest BCUT2D eigenvalue weighted by Gasteiger charge is 2.58. The predicted molar refractivity (Wildman–Crippen MR) is 196 cm³/mol. The van der Waals surface area contributed by atoms with Crippen LogP contribution in [0.5, 0.6) is 0 Å². The summed E-state index contributed by atoms with van der Waals surface area (Å²) in [6.45, 7) is 14.0. The Balaban J connectivity index is 1.79. The van der Waals surface area contributed by atoms with E-state index < -0.39 is 71.8 Å². The first-order valence-corrected chi connectivity index (χ1v) is 19.5. The zero-order valence-corrected chi connectivity index (χ0v) is 32.9. The Hall–Kier alpha value is -2.44. The number of ketones is 2. The molecule has 4 rings (SSSR count). The molecule has 2 bridgehead atoms. The number of carbonyl (C=O) groups is 4. The molecule has 3 aliphatic heterocycles. The smallest absolute Gasteiger partial charge is 0.328 e. The normalized spacial score (nSPS) is 39.5. The molecule has 1 saturated carbocycles. The largest absolute Gasteiger partial charge is 0.464 e. The van der Waals surface area contributed by atoms with Gasteiger partial charge >= 0.3 is 5.97 Å². The van der Waals surface area contributed by atoms with E-state index in [-0.39, 0.29) is 30.1 Å². The summed E-state index contributed by atoms with van der Waals surface area (Å²) >= 11 is 0. The predicted octanol–water partition coefficient (Wildman–Crippen LogP) is 5.55. The average Bonchev–Trinajstić information content (AvgIpc) is 3.13. The molecule has 3 heterocycles. The molecule has 1 N–H and O–H groups in total. The van der Waals surface area contributed by atoms with E-state index in [0.29, 0.717) is 76.2 Å². The molecule has 4 aliphatic rings. The van der Waals surface area contributed by atoms with Crippen LogP contribution in [0.3, 0.4) is 0 Å². The lowest BCUT2D eigenvalue weighted by Gasteiger charge is -2.51. The van der Waals surface area contributed by atoms with E-state index in [0.717, 1.165) is 12.0 Å². The summed E-state index contributed by atoms with van der Waals surface area (Å²) in [5.74, 6) is -2.46. The van der Waals surface area contributed by atoms with Crippen molar-refractivity contribution >= 4 is 23.4 Å². The van der Waals surface area contributed by atoms with Gasteiger partial charge in [0.15, 0.2) is 5.60 Å². The molecule has 11 heteroatoms. The first-order chi connectivity index (χ1) is 24.7. The van der Waals surface area contributed by atoms with Crippen molar-refractivity contribution in [2.45, 2.75) is 160 Å². The van der Waals surface area contributed by atoms with E-state index in [1.54, 1.807) is 28.3 Å². The lowest BCUT2D eigenvalue weighted by molar-refractivity contribution is -0.224. The fourth-order valence-electron chi connectivity index (χ4n) is 9.31. The number of hydrogen-bond acceptors (Lipinski definition) is 10. The van der Waals surface area contributed by atoms with Crippen LogP contribution >= 0.6 is 0 Å². The van der Waals surface area contributed by atoms with Crippen LogP contribution in [0.1, 0.15) is 112 Å². The molecule has 294 valence electrons. The van der Waals surface area contributed by atoms with Crippen molar-refractivity contribution in [3.63, 3.8) is 0 Å². The molecule has 0 spiro atoms. The number of hydrogen-bond donors (Lipinski definition) is 1. The summed E-state index contributed by atoms with van der Waals surface area (Å²) in [4.78, 5) is 58.4. The molecule has 2 saturated heterocycles. The zero-order chi connectivity index (χ0) is 38.3. The van der Waals surface area contributed by atoms with Gasteiger partial charge in [0.2, 0.25) is 0 Å². The summed E-state index contributed by atoms with van der Waals surface area (Å²) in [7, 11) is 4.80. The Kier molecular flexibility index (Phi) is 15.2. The summed E-state index contributed by atoms with van der Waals surface area (Å²) in [5.41, 5.74) is -0.170. The second-order valence-electron chi connectivity index (χ2n) is 16.4. The SMILES string of the molecule is C=C(C)C12OC(C(OC)CC(C)CC(C)=CCC(=O)CCC(C)COC(=O)C3CCCC(C4CCC(O)C(OC)C4)N3C(=O)C1=O)C(OC)CC2C. The number of carbonyl (C=O) groups excluding carboxylic acids is 4. The second kappa shape index (κ2) is 18.7. The third kappa shape index (κ3) is 9.43. The van der Waals surface area contributed by atoms with E-state index in [1.807, 2.05) is 26.8 Å². The Morgan fingerprint density at radius 3 is 2.23 bits per heavy atom. The molecular formula is C41H65NO10. The number of ether oxygens (including phenoxy) is 5. The molecule has 12 atom stereocenters. The number of aliphatic hydroxyl groups is 1. The van der Waals surface area contributed by atoms with Crippen molar-refractivity contribution in [3.8, 4) is 0 Å². The summed E-state index contributed by atoms with van der Waals surface area (Å²) in [6, 6.07) is -1.42. The maximum absolute atomic E-state index is 15.1. The first kappa shape index (κ1) is 42.3. The Bertz CT molecular complexity index is 1310. The van der Waals surface area contributed by atoms with Gasteiger partial charge in [-0.2, -0.15) is 0 Å². The summed E-state index contributed by atoms with van der Waals surface area (Å²) < 4.78 is 30.4. The molecule has 1 aliphatic carbocycles. The van der Waals surface area contributed by atoms with Crippen molar-refractivity contribution in [1.29, 1.82) is 0 Å². The van der Waals surface area contributed by atoms with Gasteiger partial charge in [0.1, 0.15) is 17.9 Å². The molecule has 3 fully saturated rings. The van der Waals surface area contributed by atoms with Crippen LogP contribution in [-0.2, 0) is 42.9 Å². The minimum Gasteiger partial charge on any atom is -0.464 e. The van der Waals surface area contributed by atoms with Gasteiger partial charge in [-0.25, -0.2) is 4.79 Å². The van der Waals surface area contributed by atoms with Crippen molar-refractivity contribution in [2.24, 2.45) is 23.7 Å². The minimum atomic E-state index is -1.69. The average molecular weight is 732 g/mol. The van der Waals surface area contributed by atoms with Gasteiger partial charge in [0.05, 0.1) is 31.0 Å². The number of piperidine rings is 1. The fraction of sp³-hybridized carbons (Fsp3) is 0.805. The number of allylic oxidation sites excluding steroid dienone is 2. The quantitative estimate of drug-likeness (QED) is 0.218. The van der Waals surface area contributed by atoms with Crippen molar-refractivity contribution < 1.29 is 48.0 Å². The van der Waals surface area contributed by atoms with Crippen LogP contribution in [-0.4, -0.2) is 110 Å². The third-order valence-corrected chi connectivity index (χ3v) is 12.3. The fourth-order valence-corrected chi connectivity index (χ4v) is 9.31. The van der Waals surface area contributed by atoms with Crippen LogP contribution < -0.4 is 0 Å². The van der Waals surface area contributed by atoms with Gasteiger partial charge in [0, 0.05) is 40.2 Å². The maximum atomic E-state index is 15.1. The number of aliphatic hydroxyl groups excluding tert-OH is 1. The lowest BCUT2D eigenvalue weighted by atomic mass is 9.71. The van der Waals surface area contributed by atoms with E-state index in [9.17, 15) is 14.7 Å². The second-order valence-corrected chi connectivity index (χ2v) is 16.4. The van der Waals surface area contributed by atoms with E-state index in [1.165, 1.54) is 4.90 Å². The van der Waals surface area contributed by atoms with Crippen LogP contribution in [0.15, 0.2) is 23.8 Å². The van der Waals surface area contributed by atoms with Crippen LogP contribution in [0.4, 0.5) is 0 Å². The lowest BCUT2D eigenvalue weighted by Crippen LogP contribution is -2.66. The standard InChI is InChI=1S/C41H65NO10/c1-24(2)41-28(6)21-36(50-9)37(52-41)35(49-8)20-27(5)19-25(3)13-16-30(43)17-14-26(4)23-51-40(47)32-12-10-11-31(42(32)39(46)38(41)45)29-15-18-33(44)34(22-29)48-7/h13,26-29,31-37,44H,1,10-12,14-23H2,2-9H3. The van der Waals surface area contributed by atoms with Gasteiger partial charge < -0.3 is 33.7 Å². The Labute approximate surface area is 311 Å². The van der Waals surface area contributed by atoms with Gasteiger partial charge in [-0.15, -0.1) is 0 Å². The van der Waals surface area contributed by atoms with Gasteiger partial charge in [-0.05, 0) is 107 Å². The monoisotopic (exact) mass is 731 g/mol. The van der Waals surface area contributed by atoms with Crippen molar-refractivity contribution in [2.75, 3.05) is 27.9 Å². The molecule has 12 unspecified atom stereocenters. The number of esters is 1. The molecule has 11 nitrogen and oxygen atoms in total. The number of Topliss-reactive ketones (excluding diaryl/α,β-unsaturated/α-hetero) is 2. The van der Waals surface area contributed by atoms with Gasteiger partial charge in [-0.3, -0.25) is 14.4 Å². The highest BCUT2D eigenvalue weighted by atomic mass is 16.6. The topological polar surface area (TPSA) is 138 Å². The first-order valence-electron chi connectivity index (χ1n) is 19.5. The number of nitrogens with zero attached hydrogens (tertiary/aromatic N) is 1. The Morgan fingerprint density at radius 2 is 1.58 bits per heavy atom. The number of rotatable bonds is 5. The minimum absolute atomic E-state index is 0.0700.